The SMILES string of the molecule is N#CC1CCCC1NC(=O)c1cc(Cl)cc(Br)c1. The van der Waals surface area contributed by atoms with Crippen LogP contribution in [0.4, 0.5) is 0 Å². The molecule has 1 aromatic rings. The number of nitriles is 1. The average Bonchev–Trinajstić information content (AvgIpc) is 2.75. The van der Waals surface area contributed by atoms with Crippen molar-refractivity contribution in [3.05, 3.63) is 33.3 Å². The molecule has 0 aromatic heterocycles. The van der Waals surface area contributed by atoms with Gasteiger partial charge in [0.1, 0.15) is 0 Å². The van der Waals surface area contributed by atoms with Crippen molar-refractivity contribution in [2.45, 2.75) is 25.3 Å². The summed E-state index contributed by atoms with van der Waals surface area (Å²) in [6, 6.07) is 7.27. The van der Waals surface area contributed by atoms with Gasteiger partial charge in [-0.25, -0.2) is 0 Å². The van der Waals surface area contributed by atoms with Crippen molar-refractivity contribution in [2.75, 3.05) is 0 Å². The van der Waals surface area contributed by atoms with E-state index in [1.54, 1.807) is 18.2 Å². The molecule has 1 aliphatic rings. The Balaban J connectivity index is 2.10. The number of benzene rings is 1. The molecule has 0 spiro atoms. The Morgan fingerprint density at radius 1 is 1.44 bits per heavy atom. The van der Waals surface area contributed by atoms with Gasteiger partial charge in [0.25, 0.3) is 5.91 Å². The van der Waals surface area contributed by atoms with E-state index in [4.69, 9.17) is 16.9 Å². The maximum Gasteiger partial charge on any atom is 0.251 e. The van der Waals surface area contributed by atoms with Crippen LogP contribution in [0, 0.1) is 17.2 Å². The van der Waals surface area contributed by atoms with Gasteiger partial charge in [0.2, 0.25) is 0 Å². The van der Waals surface area contributed by atoms with Crippen LogP contribution in [0.5, 0.6) is 0 Å². The number of carbonyl (C=O) groups excluding carboxylic acids is 1. The Morgan fingerprint density at radius 3 is 2.89 bits per heavy atom. The van der Waals surface area contributed by atoms with E-state index in [0.29, 0.717) is 10.6 Å². The predicted molar refractivity (Wildman–Crippen MR) is 73.4 cm³/mol. The van der Waals surface area contributed by atoms with Gasteiger partial charge in [-0.05, 0) is 37.5 Å². The van der Waals surface area contributed by atoms with Crippen LogP contribution in [0.1, 0.15) is 29.6 Å². The molecule has 0 heterocycles. The molecule has 0 saturated heterocycles. The molecule has 5 heteroatoms. The van der Waals surface area contributed by atoms with Gasteiger partial charge in [0, 0.05) is 21.1 Å². The molecular formula is C13H12BrClN2O. The van der Waals surface area contributed by atoms with Gasteiger partial charge < -0.3 is 5.32 Å². The van der Waals surface area contributed by atoms with E-state index in [2.05, 4.69) is 27.3 Å². The Kier molecular flexibility index (Phi) is 4.26. The van der Waals surface area contributed by atoms with Crippen molar-refractivity contribution in [3.8, 4) is 6.07 Å². The summed E-state index contributed by atoms with van der Waals surface area (Å²) in [4.78, 5) is 12.1. The van der Waals surface area contributed by atoms with Crippen molar-refractivity contribution < 1.29 is 4.79 Å². The first kappa shape index (κ1) is 13.4. The fraction of sp³-hybridized carbons (Fsp3) is 0.385. The first-order chi connectivity index (χ1) is 8.60. The van der Waals surface area contributed by atoms with Gasteiger partial charge in [-0.1, -0.05) is 27.5 Å². The Hall–Kier alpha value is -1.05. The topological polar surface area (TPSA) is 52.9 Å². The third-order valence-corrected chi connectivity index (χ3v) is 3.80. The van der Waals surface area contributed by atoms with Gasteiger partial charge in [0.15, 0.2) is 0 Å². The summed E-state index contributed by atoms with van der Waals surface area (Å²) in [6.45, 7) is 0. The molecule has 0 bridgehead atoms. The molecule has 2 unspecified atom stereocenters. The number of amides is 1. The number of nitrogens with one attached hydrogen (secondary N) is 1. The van der Waals surface area contributed by atoms with Gasteiger partial charge in [-0.2, -0.15) is 5.26 Å². The van der Waals surface area contributed by atoms with E-state index >= 15 is 0 Å². The van der Waals surface area contributed by atoms with Crippen molar-refractivity contribution in [2.24, 2.45) is 5.92 Å². The summed E-state index contributed by atoms with van der Waals surface area (Å²) in [5, 5.41) is 12.4. The van der Waals surface area contributed by atoms with E-state index in [1.165, 1.54) is 0 Å². The van der Waals surface area contributed by atoms with Crippen molar-refractivity contribution >= 4 is 33.4 Å². The lowest BCUT2D eigenvalue weighted by molar-refractivity contribution is 0.0933. The second kappa shape index (κ2) is 5.73. The number of halogens is 2. The maximum absolute atomic E-state index is 12.1. The van der Waals surface area contributed by atoms with Crippen LogP contribution in [-0.2, 0) is 0 Å². The highest BCUT2D eigenvalue weighted by Crippen LogP contribution is 2.26. The third-order valence-electron chi connectivity index (χ3n) is 3.12. The smallest absolute Gasteiger partial charge is 0.251 e. The summed E-state index contributed by atoms with van der Waals surface area (Å²) in [7, 11) is 0. The minimum absolute atomic E-state index is 0.0414. The van der Waals surface area contributed by atoms with E-state index < -0.39 is 0 Å². The van der Waals surface area contributed by atoms with E-state index in [1.807, 2.05) is 0 Å². The van der Waals surface area contributed by atoms with Crippen LogP contribution in [0.2, 0.25) is 5.02 Å². The largest absolute Gasteiger partial charge is 0.348 e. The van der Waals surface area contributed by atoms with Gasteiger partial charge in [0.05, 0.1) is 12.0 Å². The first-order valence-corrected chi connectivity index (χ1v) is 6.94. The zero-order valence-corrected chi connectivity index (χ0v) is 12.0. The standard InChI is InChI=1S/C13H12BrClN2O/c14-10-4-9(5-11(15)6-10)13(18)17-12-3-1-2-8(12)7-16/h4-6,8,12H,1-3H2,(H,17,18). The summed E-state index contributed by atoms with van der Waals surface area (Å²) in [5.41, 5.74) is 0.512. The van der Waals surface area contributed by atoms with Crippen LogP contribution >= 0.6 is 27.5 Å². The monoisotopic (exact) mass is 326 g/mol. The van der Waals surface area contributed by atoms with Gasteiger partial charge in [-0.3, -0.25) is 4.79 Å². The molecule has 1 N–H and O–H groups in total. The molecule has 2 atom stereocenters. The third kappa shape index (κ3) is 3.04. The summed E-state index contributed by atoms with van der Waals surface area (Å²) in [5.74, 6) is -0.248. The Morgan fingerprint density at radius 2 is 2.22 bits per heavy atom. The van der Waals surface area contributed by atoms with E-state index in [0.717, 1.165) is 23.7 Å². The zero-order chi connectivity index (χ0) is 13.1. The van der Waals surface area contributed by atoms with E-state index in [-0.39, 0.29) is 17.9 Å². The Labute approximate surface area is 119 Å². The molecule has 1 saturated carbocycles. The molecule has 0 aliphatic heterocycles. The fourth-order valence-corrected chi connectivity index (χ4v) is 3.08. The van der Waals surface area contributed by atoms with Crippen molar-refractivity contribution in [3.63, 3.8) is 0 Å². The molecule has 0 radical (unpaired) electrons. The number of carbonyl (C=O) groups is 1. The lowest BCUT2D eigenvalue weighted by atomic mass is 10.1. The lowest BCUT2D eigenvalue weighted by Crippen LogP contribution is -2.36. The zero-order valence-electron chi connectivity index (χ0n) is 9.62. The lowest BCUT2D eigenvalue weighted by Gasteiger charge is -2.15. The molecule has 18 heavy (non-hydrogen) atoms. The number of hydrogen-bond acceptors (Lipinski definition) is 2. The molecule has 1 aliphatic carbocycles. The molecule has 94 valence electrons. The number of hydrogen-bond donors (Lipinski definition) is 1. The maximum atomic E-state index is 12.1. The second-order valence-corrected chi connectivity index (χ2v) is 5.76. The number of rotatable bonds is 2. The highest BCUT2D eigenvalue weighted by atomic mass is 79.9. The van der Waals surface area contributed by atoms with Crippen LogP contribution in [0.15, 0.2) is 22.7 Å². The van der Waals surface area contributed by atoms with E-state index in [9.17, 15) is 4.79 Å². The number of nitrogens with zero attached hydrogens (tertiary/aromatic N) is 1. The van der Waals surface area contributed by atoms with Gasteiger partial charge >= 0.3 is 0 Å². The molecule has 1 amide bonds. The Bertz CT molecular complexity index is 492. The second-order valence-electron chi connectivity index (χ2n) is 4.40. The van der Waals surface area contributed by atoms with Crippen molar-refractivity contribution in [1.82, 2.24) is 5.32 Å². The minimum atomic E-state index is -0.176. The summed E-state index contributed by atoms with van der Waals surface area (Å²) >= 11 is 9.21. The highest BCUT2D eigenvalue weighted by molar-refractivity contribution is 9.10. The van der Waals surface area contributed by atoms with Crippen LogP contribution in [-0.4, -0.2) is 11.9 Å². The molecule has 1 aromatic carbocycles. The van der Waals surface area contributed by atoms with Crippen LogP contribution in [0.25, 0.3) is 0 Å². The normalized spacial score (nSPS) is 22.5. The van der Waals surface area contributed by atoms with Gasteiger partial charge in [-0.15, -0.1) is 0 Å². The van der Waals surface area contributed by atoms with Crippen molar-refractivity contribution in [1.29, 1.82) is 5.26 Å². The summed E-state index contributed by atoms with van der Waals surface area (Å²) < 4.78 is 0.767. The first-order valence-electron chi connectivity index (χ1n) is 5.76. The predicted octanol–water partition coefficient (Wildman–Crippen LogP) is 3.52. The fourth-order valence-electron chi connectivity index (χ4n) is 2.22. The molecular weight excluding hydrogens is 316 g/mol. The quantitative estimate of drug-likeness (QED) is 0.903. The van der Waals surface area contributed by atoms with Crippen LogP contribution in [0.3, 0.4) is 0 Å². The minimum Gasteiger partial charge on any atom is -0.348 e. The summed E-state index contributed by atoms with van der Waals surface area (Å²) in [6.07, 6.45) is 2.72. The molecule has 2 rings (SSSR count). The average molecular weight is 328 g/mol. The highest BCUT2D eigenvalue weighted by Gasteiger charge is 2.28. The molecule has 1 fully saturated rings. The molecule has 3 nitrogen and oxygen atoms in total. The van der Waals surface area contributed by atoms with Crippen LogP contribution < -0.4 is 5.32 Å².